The fraction of sp³-hybridized carbons (Fsp3) is 0.692. The quantitative estimate of drug-likeness (QED) is 0.0672. The monoisotopic (exact) mass is 948 g/mol. The van der Waals surface area contributed by atoms with Crippen LogP contribution in [0.25, 0.3) is 20.7 Å². The van der Waals surface area contributed by atoms with Crippen LogP contribution in [0.2, 0.25) is 0 Å². The summed E-state index contributed by atoms with van der Waals surface area (Å²) < 4.78 is 32.8. The van der Waals surface area contributed by atoms with E-state index in [2.05, 4.69) is 30.2 Å². The van der Waals surface area contributed by atoms with E-state index in [1.165, 1.54) is 4.57 Å². The lowest BCUT2D eigenvalue weighted by Crippen LogP contribution is -2.41. The Kier molecular flexibility index (Phi) is 13.6. The zero-order valence-corrected chi connectivity index (χ0v) is 37.9. The van der Waals surface area contributed by atoms with Crippen LogP contribution in [-0.2, 0) is 33.3 Å². The topological polar surface area (TPSA) is 356 Å². The summed E-state index contributed by atoms with van der Waals surface area (Å²) in [6, 6.07) is -2.11. The summed E-state index contributed by atoms with van der Waals surface area (Å²) in [4.78, 5) is 71.2. The standard InChI is InChI=1S/C39H56N12O12S2/c1-14(2)20(40)34(55)59-12-18-22(52)24(54)32(62-18)50-30-26(64-38(50)57)28(45-36(42)47-30)44-16-7-8-17(11-16)61-25-23(53)19(13-60-35(56)21(41)15(3)4)63-33(25)51-31-27(65-39(51)58)29(46-37(43)48-31)49-9-5-6-10-49/h14-25,32-33,52-54H,5-13,40-41H2,1-4H3,(H2,43,46,48)(H3,42,44,45,47)/t16?,17?,18-,19-,20+,21+,22-,23-,24-,25-,32-,33-/m1/s1. The molecule has 12 atom stereocenters. The average Bonchev–Trinajstić information content (AvgIpc) is 4.13. The molecule has 4 fully saturated rings. The zero-order valence-electron chi connectivity index (χ0n) is 36.2. The van der Waals surface area contributed by atoms with Gasteiger partial charge in [0.15, 0.2) is 35.4 Å². The van der Waals surface area contributed by atoms with Crippen LogP contribution in [0.5, 0.6) is 0 Å². The summed E-state index contributed by atoms with van der Waals surface area (Å²) in [5, 5.41) is 37.0. The van der Waals surface area contributed by atoms with E-state index in [0.29, 0.717) is 34.5 Å². The summed E-state index contributed by atoms with van der Waals surface area (Å²) in [5.74, 6) is -1.25. The van der Waals surface area contributed by atoms with Gasteiger partial charge in [0.2, 0.25) is 11.9 Å². The Morgan fingerprint density at radius 1 is 0.769 bits per heavy atom. The van der Waals surface area contributed by atoms with Gasteiger partial charge in [-0.3, -0.25) is 28.3 Å². The molecule has 0 spiro atoms. The average molecular weight is 949 g/mol. The van der Waals surface area contributed by atoms with Crippen LogP contribution < -0.4 is 42.9 Å². The van der Waals surface area contributed by atoms with Crippen molar-refractivity contribution in [1.82, 2.24) is 29.1 Å². The first kappa shape index (κ1) is 46.9. The number of aliphatic hydroxyl groups excluding tert-OH is 3. The van der Waals surface area contributed by atoms with Crippen LogP contribution in [0, 0.1) is 11.8 Å². The molecule has 4 aromatic heterocycles. The minimum absolute atomic E-state index is 0.0393. The maximum absolute atomic E-state index is 13.9. The molecule has 0 amide bonds. The summed E-state index contributed by atoms with van der Waals surface area (Å²) in [5.41, 5.74) is 24.5. The number of nitrogens with one attached hydrogen (secondary N) is 1. The number of thiazole rings is 2. The van der Waals surface area contributed by atoms with E-state index in [4.69, 9.17) is 46.6 Å². The largest absolute Gasteiger partial charge is 0.462 e. The number of esters is 2. The lowest BCUT2D eigenvalue weighted by atomic mass is 10.1. The second-order valence-corrected chi connectivity index (χ2v) is 19.5. The van der Waals surface area contributed by atoms with E-state index in [0.717, 1.165) is 53.2 Å². The van der Waals surface area contributed by atoms with Crippen molar-refractivity contribution >= 4 is 78.8 Å². The number of aromatic nitrogens is 6. The first-order valence-electron chi connectivity index (χ1n) is 21.6. The summed E-state index contributed by atoms with van der Waals surface area (Å²) in [6.45, 7) is 7.75. The highest BCUT2D eigenvalue weighted by Gasteiger charge is 2.50. The van der Waals surface area contributed by atoms with Crippen molar-refractivity contribution in [2.75, 3.05) is 48.0 Å². The normalized spacial score (nSPS) is 29.1. The number of nitrogen functional groups attached to an aromatic ring is 2. The van der Waals surface area contributed by atoms with Gasteiger partial charge in [-0.2, -0.15) is 19.9 Å². The number of hydrogen-bond acceptors (Lipinski definition) is 24. The van der Waals surface area contributed by atoms with Crippen molar-refractivity contribution in [2.45, 2.75) is 133 Å². The van der Waals surface area contributed by atoms with E-state index < -0.39 is 95.6 Å². The Balaban J connectivity index is 1.01. The van der Waals surface area contributed by atoms with Crippen molar-refractivity contribution in [3.63, 3.8) is 0 Å². The van der Waals surface area contributed by atoms with Crippen LogP contribution >= 0.6 is 22.7 Å². The Morgan fingerprint density at radius 2 is 1.31 bits per heavy atom. The van der Waals surface area contributed by atoms with Gasteiger partial charge in [0.25, 0.3) is 0 Å². The molecule has 65 heavy (non-hydrogen) atoms. The summed E-state index contributed by atoms with van der Waals surface area (Å²) >= 11 is 1.71. The van der Waals surface area contributed by atoms with Crippen LogP contribution in [0.1, 0.15) is 72.3 Å². The molecule has 26 heteroatoms. The molecule has 356 valence electrons. The Hall–Kier alpha value is -4.64. The minimum Gasteiger partial charge on any atom is -0.462 e. The van der Waals surface area contributed by atoms with Crippen LogP contribution in [0.15, 0.2) is 9.59 Å². The molecule has 1 aliphatic carbocycles. The number of carbonyl (C=O) groups is 2. The molecule has 4 aliphatic rings. The molecule has 0 bridgehead atoms. The Labute approximate surface area is 379 Å². The molecule has 4 aromatic rings. The second-order valence-electron chi connectivity index (χ2n) is 17.6. The number of anilines is 4. The third kappa shape index (κ3) is 9.24. The lowest BCUT2D eigenvalue weighted by molar-refractivity contribution is -0.153. The first-order valence-corrected chi connectivity index (χ1v) is 23.3. The van der Waals surface area contributed by atoms with Gasteiger partial charge < -0.3 is 72.2 Å². The number of hydrogen-bond donors (Lipinski definition) is 8. The number of rotatable bonds is 15. The maximum atomic E-state index is 13.9. The lowest BCUT2D eigenvalue weighted by Gasteiger charge is -2.25. The van der Waals surface area contributed by atoms with Crippen molar-refractivity contribution < 1.29 is 48.6 Å². The van der Waals surface area contributed by atoms with E-state index in [1.807, 2.05) is 0 Å². The van der Waals surface area contributed by atoms with Gasteiger partial charge in [-0.05, 0) is 43.9 Å². The van der Waals surface area contributed by atoms with Crippen molar-refractivity contribution in [2.24, 2.45) is 23.3 Å². The zero-order chi connectivity index (χ0) is 46.6. The Morgan fingerprint density at radius 3 is 1.92 bits per heavy atom. The molecule has 1 saturated carbocycles. The fourth-order valence-corrected chi connectivity index (χ4v) is 10.4. The maximum Gasteiger partial charge on any atom is 0.323 e. The highest BCUT2D eigenvalue weighted by molar-refractivity contribution is 7.17. The second kappa shape index (κ2) is 18.9. The predicted molar refractivity (Wildman–Crippen MR) is 237 cm³/mol. The highest BCUT2D eigenvalue weighted by Crippen LogP contribution is 2.40. The van der Waals surface area contributed by atoms with E-state index in [9.17, 15) is 34.5 Å². The molecule has 0 radical (unpaired) electrons. The van der Waals surface area contributed by atoms with E-state index >= 15 is 0 Å². The van der Waals surface area contributed by atoms with Crippen molar-refractivity contribution in [3.05, 3.63) is 19.3 Å². The van der Waals surface area contributed by atoms with Crippen molar-refractivity contribution in [1.29, 1.82) is 0 Å². The van der Waals surface area contributed by atoms with Gasteiger partial charge in [-0.25, -0.2) is 0 Å². The minimum atomic E-state index is -1.60. The predicted octanol–water partition coefficient (Wildman–Crippen LogP) is -0.867. The molecule has 2 unspecified atom stereocenters. The van der Waals surface area contributed by atoms with Gasteiger partial charge >= 0.3 is 21.7 Å². The molecule has 3 saturated heterocycles. The molecule has 7 heterocycles. The number of fused-ring (bicyclic) bond motifs is 2. The van der Waals surface area contributed by atoms with Gasteiger partial charge in [-0.1, -0.05) is 50.4 Å². The third-order valence-corrected chi connectivity index (χ3v) is 14.2. The highest BCUT2D eigenvalue weighted by atomic mass is 32.1. The molecule has 3 aliphatic heterocycles. The molecular weight excluding hydrogens is 893 g/mol. The van der Waals surface area contributed by atoms with Gasteiger partial charge in [0.1, 0.15) is 71.3 Å². The number of nitrogens with zero attached hydrogens (tertiary/aromatic N) is 7. The number of nitrogens with two attached hydrogens (primary N) is 4. The van der Waals surface area contributed by atoms with Crippen LogP contribution in [-0.4, -0.2) is 143 Å². The summed E-state index contributed by atoms with van der Waals surface area (Å²) in [7, 11) is 0. The SMILES string of the molecule is CC(C)[C@H](N)C(=O)OC[C@H]1O[C@@H](n2c(=O)sc3c(NC4CCC(O[C@@H]5[C@H](O)[C@@H](COC(=O)[C@@H](N)C(C)C)O[C@H]5n5c(=O)sc6c(N7CCCC7)nc(N)nc65)C4)nc(N)nc32)[C@H](O)[C@@H]1O. The molecule has 0 aromatic carbocycles. The van der Waals surface area contributed by atoms with Crippen LogP contribution in [0.3, 0.4) is 0 Å². The van der Waals surface area contributed by atoms with E-state index in [1.54, 1.807) is 27.7 Å². The van der Waals surface area contributed by atoms with Crippen LogP contribution in [0.4, 0.5) is 23.5 Å². The van der Waals surface area contributed by atoms with Gasteiger partial charge in [0.05, 0.1) is 6.10 Å². The van der Waals surface area contributed by atoms with E-state index in [-0.39, 0.29) is 53.5 Å². The van der Waals surface area contributed by atoms with Gasteiger partial charge in [0, 0.05) is 19.1 Å². The first-order chi connectivity index (χ1) is 30.9. The molecule has 8 rings (SSSR count). The fourth-order valence-electron chi connectivity index (χ4n) is 8.51. The third-order valence-electron chi connectivity index (χ3n) is 12.3. The smallest absolute Gasteiger partial charge is 0.323 e. The van der Waals surface area contributed by atoms with Crippen molar-refractivity contribution in [3.8, 4) is 0 Å². The molecular formula is C39H56N12O12S2. The number of carbonyl (C=O) groups excluding carboxylic acids is 2. The summed E-state index contributed by atoms with van der Waals surface area (Å²) in [6.07, 6.45) is -7.75. The number of aliphatic hydroxyl groups is 3. The Bertz CT molecular complexity index is 2510. The molecule has 24 nitrogen and oxygen atoms in total. The van der Waals surface area contributed by atoms with Gasteiger partial charge in [-0.15, -0.1) is 0 Å². The number of ether oxygens (including phenoxy) is 5. The molecule has 12 N–H and O–H groups in total.